The SMILES string of the molecule is CCNC(c1ccnn1C)C(C)(CC)OC. The molecule has 0 aliphatic heterocycles. The van der Waals surface area contributed by atoms with Gasteiger partial charge in [-0.2, -0.15) is 5.10 Å². The van der Waals surface area contributed by atoms with Crippen molar-refractivity contribution in [3.8, 4) is 0 Å². The van der Waals surface area contributed by atoms with Crippen molar-refractivity contribution in [2.24, 2.45) is 7.05 Å². The highest BCUT2D eigenvalue weighted by Crippen LogP contribution is 2.31. The highest BCUT2D eigenvalue weighted by atomic mass is 16.5. The van der Waals surface area contributed by atoms with Gasteiger partial charge < -0.3 is 10.1 Å². The number of hydrogen-bond acceptors (Lipinski definition) is 3. The largest absolute Gasteiger partial charge is 0.376 e. The summed E-state index contributed by atoms with van der Waals surface area (Å²) in [7, 11) is 3.73. The Morgan fingerprint density at radius 2 is 2.25 bits per heavy atom. The quantitative estimate of drug-likeness (QED) is 0.803. The van der Waals surface area contributed by atoms with Gasteiger partial charge in [0.2, 0.25) is 0 Å². The average Bonchev–Trinajstić information content (AvgIpc) is 2.71. The Labute approximate surface area is 98.0 Å². The fourth-order valence-corrected chi connectivity index (χ4v) is 1.97. The summed E-state index contributed by atoms with van der Waals surface area (Å²) in [6.45, 7) is 7.29. The molecule has 0 saturated carbocycles. The van der Waals surface area contributed by atoms with Crippen molar-refractivity contribution in [2.75, 3.05) is 13.7 Å². The van der Waals surface area contributed by atoms with Gasteiger partial charge in [0.25, 0.3) is 0 Å². The number of hydrogen-bond donors (Lipinski definition) is 1. The third kappa shape index (κ3) is 2.44. The maximum Gasteiger partial charge on any atom is 0.0857 e. The number of likely N-dealkylation sites (N-methyl/N-ethyl adjacent to an activating group) is 1. The number of ether oxygens (including phenoxy) is 1. The molecular formula is C12H23N3O. The summed E-state index contributed by atoms with van der Waals surface area (Å²) in [5, 5.41) is 7.71. The summed E-state index contributed by atoms with van der Waals surface area (Å²) < 4.78 is 7.58. The highest BCUT2D eigenvalue weighted by Gasteiger charge is 2.34. The van der Waals surface area contributed by atoms with Gasteiger partial charge in [0.15, 0.2) is 0 Å². The van der Waals surface area contributed by atoms with Crippen LogP contribution in [0.5, 0.6) is 0 Å². The van der Waals surface area contributed by atoms with Gasteiger partial charge >= 0.3 is 0 Å². The molecule has 1 aromatic heterocycles. The summed E-state index contributed by atoms with van der Waals surface area (Å²) in [4.78, 5) is 0. The van der Waals surface area contributed by atoms with E-state index < -0.39 is 0 Å². The molecule has 0 radical (unpaired) electrons. The van der Waals surface area contributed by atoms with Crippen LogP contribution in [0.15, 0.2) is 12.3 Å². The van der Waals surface area contributed by atoms with E-state index in [2.05, 4.69) is 31.2 Å². The van der Waals surface area contributed by atoms with E-state index in [0.29, 0.717) is 0 Å². The van der Waals surface area contributed by atoms with Crippen molar-refractivity contribution in [1.29, 1.82) is 0 Å². The molecule has 0 aliphatic rings. The first-order valence-corrected chi connectivity index (χ1v) is 5.85. The third-order valence-corrected chi connectivity index (χ3v) is 3.34. The van der Waals surface area contributed by atoms with Gasteiger partial charge in [-0.15, -0.1) is 0 Å². The van der Waals surface area contributed by atoms with Gasteiger partial charge in [-0.3, -0.25) is 4.68 Å². The number of rotatable bonds is 6. The maximum atomic E-state index is 5.68. The van der Waals surface area contributed by atoms with Crippen molar-refractivity contribution >= 4 is 0 Å². The van der Waals surface area contributed by atoms with Crippen LogP contribution in [-0.4, -0.2) is 29.0 Å². The lowest BCUT2D eigenvalue weighted by molar-refractivity contribution is -0.0316. The molecule has 0 aromatic carbocycles. The second kappa shape index (κ2) is 5.46. The molecule has 1 aromatic rings. The van der Waals surface area contributed by atoms with Gasteiger partial charge in [-0.1, -0.05) is 13.8 Å². The van der Waals surface area contributed by atoms with Crippen LogP contribution in [0, 0.1) is 0 Å². The Kier molecular flexibility index (Phi) is 4.50. The van der Waals surface area contributed by atoms with Crippen LogP contribution in [0.25, 0.3) is 0 Å². The molecule has 2 unspecified atom stereocenters. The zero-order chi connectivity index (χ0) is 12.2. The van der Waals surface area contributed by atoms with Crippen LogP contribution in [0.1, 0.15) is 38.9 Å². The third-order valence-electron chi connectivity index (χ3n) is 3.34. The summed E-state index contributed by atoms with van der Waals surface area (Å²) in [6, 6.07) is 2.21. The fourth-order valence-electron chi connectivity index (χ4n) is 1.97. The molecule has 1 N–H and O–H groups in total. The Bertz CT molecular complexity index is 318. The van der Waals surface area contributed by atoms with Crippen LogP contribution in [0.3, 0.4) is 0 Å². The number of nitrogens with one attached hydrogen (secondary N) is 1. The highest BCUT2D eigenvalue weighted by molar-refractivity contribution is 5.12. The molecule has 2 atom stereocenters. The van der Waals surface area contributed by atoms with Crippen LogP contribution in [-0.2, 0) is 11.8 Å². The van der Waals surface area contributed by atoms with Gasteiger partial charge in [-0.05, 0) is 26.0 Å². The van der Waals surface area contributed by atoms with Crippen LogP contribution >= 0.6 is 0 Å². The number of aryl methyl sites for hydroxylation is 1. The second-order valence-electron chi connectivity index (χ2n) is 4.24. The minimum absolute atomic E-state index is 0.167. The smallest absolute Gasteiger partial charge is 0.0857 e. The lowest BCUT2D eigenvalue weighted by Gasteiger charge is -2.36. The van der Waals surface area contributed by atoms with E-state index in [4.69, 9.17) is 4.74 Å². The number of methoxy groups -OCH3 is 1. The maximum absolute atomic E-state index is 5.68. The Hall–Kier alpha value is -0.870. The van der Waals surface area contributed by atoms with E-state index >= 15 is 0 Å². The summed E-state index contributed by atoms with van der Waals surface area (Å²) >= 11 is 0. The zero-order valence-corrected chi connectivity index (χ0v) is 10.9. The molecule has 0 amide bonds. The van der Waals surface area contributed by atoms with Crippen molar-refractivity contribution in [3.63, 3.8) is 0 Å². The molecule has 1 heterocycles. The molecule has 92 valence electrons. The van der Waals surface area contributed by atoms with Crippen molar-refractivity contribution < 1.29 is 4.74 Å². The molecule has 0 fully saturated rings. The number of nitrogens with zero attached hydrogens (tertiary/aromatic N) is 2. The number of aromatic nitrogens is 2. The lowest BCUT2D eigenvalue weighted by atomic mass is 9.90. The van der Waals surface area contributed by atoms with E-state index in [1.165, 1.54) is 0 Å². The predicted octanol–water partition coefficient (Wildman–Crippen LogP) is 1.89. The van der Waals surface area contributed by atoms with E-state index in [0.717, 1.165) is 18.7 Å². The first-order chi connectivity index (χ1) is 7.59. The topological polar surface area (TPSA) is 39.1 Å². The van der Waals surface area contributed by atoms with E-state index in [1.807, 2.05) is 24.0 Å². The lowest BCUT2D eigenvalue weighted by Crippen LogP contribution is -2.43. The molecule has 4 nitrogen and oxygen atoms in total. The predicted molar refractivity (Wildman–Crippen MR) is 65.3 cm³/mol. The van der Waals surface area contributed by atoms with Crippen LogP contribution in [0.4, 0.5) is 0 Å². The molecule has 16 heavy (non-hydrogen) atoms. The first-order valence-electron chi connectivity index (χ1n) is 5.85. The molecule has 1 rings (SSSR count). The summed E-state index contributed by atoms with van der Waals surface area (Å²) in [5.74, 6) is 0. The normalized spacial score (nSPS) is 17.1. The molecule has 0 saturated heterocycles. The van der Waals surface area contributed by atoms with Crippen LogP contribution in [0.2, 0.25) is 0 Å². The van der Waals surface area contributed by atoms with Crippen LogP contribution < -0.4 is 5.32 Å². The second-order valence-corrected chi connectivity index (χ2v) is 4.24. The van der Waals surface area contributed by atoms with Crippen molar-refractivity contribution in [2.45, 2.75) is 38.8 Å². The Morgan fingerprint density at radius 1 is 1.56 bits per heavy atom. The first kappa shape index (κ1) is 13.2. The molecule has 0 aliphatic carbocycles. The summed E-state index contributed by atoms with van der Waals surface area (Å²) in [6.07, 6.45) is 2.78. The fraction of sp³-hybridized carbons (Fsp3) is 0.750. The standard InChI is InChI=1S/C12H23N3O/c1-6-12(3,16-5)11(13-7-2)10-8-9-14-15(10)4/h8-9,11,13H,6-7H2,1-5H3. The Balaban J connectivity index is 3.03. The molecule has 4 heteroatoms. The molecule has 0 spiro atoms. The van der Waals surface area contributed by atoms with Gasteiger partial charge in [-0.25, -0.2) is 0 Å². The minimum atomic E-state index is -0.205. The van der Waals surface area contributed by atoms with E-state index in [9.17, 15) is 0 Å². The zero-order valence-electron chi connectivity index (χ0n) is 10.9. The summed E-state index contributed by atoms with van der Waals surface area (Å²) in [5.41, 5.74) is 0.956. The van der Waals surface area contributed by atoms with Crippen molar-refractivity contribution in [3.05, 3.63) is 18.0 Å². The average molecular weight is 225 g/mol. The van der Waals surface area contributed by atoms with Crippen molar-refractivity contribution in [1.82, 2.24) is 15.1 Å². The monoisotopic (exact) mass is 225 g/mol. The molecule has 0 bridgehead atoms. The van der Waals surface area contributed by atoms with Gasteiger partial charge in [0, 0.05) is 20.4 Å². The van der Waals surface area contributed by atoms with E-state index in [-0.39, 0.29) is 11.6 Å². The minimum Gasteiger partial charge on any atom is -0.376 e. The Morgan fingerprint density at radius 3 is 2.62 bits per heavy atom. The molecular weight excluding hydrogens is 202 g/mol. The van der Waals surface area contributed by atoms with Gasteiger partial charge in [0.05, 0.1) is 17.3 Å². The van der Waals surface area contributed by atoms with Gasteiger partial charge in [0.1, 0.15) is 0 Å². The van der Waals surface area contributed by atoms with E-state index in [1.54, 1.807) is 7.11 Å².